The van der Waals surface area contributed by atoms with E-state index in [4.69, 9.17) is 10.5 Å². The molecule has 3 heterocycles. The van der Waals surface area contributed by atoms with Crippen LogP contribution in [0.4, 0.5) is 5.95 Å². The van der Waals surface area contributed by atoms with Gasteiger partial charge in [0.2, 0.25) is 11.8 Å². The number of aromatic nitrogens is 3. The summed E-state index contributed by atoms with van der Waals surface area (Å²) in [7, 11) is 1.62. The predicted octanol–water partition coefficient (Wildman–Crippen LogP) is 1.78. The van der Waals surface area contributed by atoms with E-state index in [0.29, 0.717) is 17.7 Å². The molecule has 18 heavy (non-hydrogen) atoms. The zero-order valence-corrected chi connectivity index (χ0v) is 11.1. The minimum Gasteiger partial charge on any atom is -0.481 e. The van der Waals surface area contributed by atoms with Gasteiger partial charge < -0.3 is 10.5 Å². The summed E-state index contributed by atoms with van der Waals surface area (Å²) >= 11 is 2.00. The molecule has 1 atom stereocenters. The first kappa shape index (κ1) is 11.6. The summed E-state index contributed by atoms with van der Waals surface area (Å²) < 4.78 is 7.17. The monoisotopic (exact) mass is 264 g/mol. The van der Waals surface area contributed by atoms with E-state index in [1.165, 1.54) is 17.9 Å². The van der Waals surface area contributed by atoms with E-state index < -0.39 is 0 Å². The van der Waals surface area contributed by atoms with Crippen molar-refractivity contribution < 1.29 is 4.74 Å². The number of nitrogens with zero attached hydrogens (tertiary/aromatic N) is 3. The molecule has 0 aliphatic carbocycles. The molecule has 6 heteroatoms. The largest absolute Gasteiger partial charge is 0.481 e. The van der Waals surface area contributed by atoms with Gasteiger partial charge in [-0.15, -0.1) is 0 Å². The number of hydrogen-bond acceptors (Lipinski definition) is 5. The van der Waals surface area contributed by atoms with Crippen LogP contribution in [0.1, 0.15) is 6.42 Å². The normalized spacial score (nSPS) is 19.5. The van der Waals surface area contributed by atoms with Crippen LogP contribution >= 0.6 is 11.8 Å². The van der Waals surface area contributed by atoms with Gasteiger partial charge in [-0.25, -0.2) is 4.98 Å². The molecular formula is C12H16N4OS. The zero-order valence-electron chi connectivity index (χ0n) is 10.3. The van der Waals surface area contributed by atoms with Crippen LogP contribution in [0.15, 0.2) is 12.1 Å². The minimum absolute atomic E-state index is 0.544. The fourth-order valence-electron chi connectivity index (χ4n) is 2.28. The van der Waals surface area contributed by atoms with Crippen LogP contribution in [0.5, 0.6) is 5.88 Å². The molecule has 0 amide bonds. The lowest BCUT2D eigenvalue weighted by Crippen LogP contribution is -2.12. The number of fused-ring (bicyclic) bond motifs is 1. The van der Waals surface area contributed by atoms with E-state index in [2.05, 4.69) is 9.97 Å². The van der Waals surface area contributed by atoms with Crippen molar-refractivity contribution in [3.05, 3.63) is 12.1 Å². The Kier molecular flexibility index (Phi) is 3.03. The van der Waals surface area contributed by atoms with Gasteiger partial charge in [-0.3, -0.25) is 4.57 Å². The second-order valence-electron chi connectivity index (χ2n) is 4.51. The molecule has 1 aliphatic heterocycles. The lowest BCUT2D eigenvalue weighted by atomic mass is 10.1. The maximum Gasteiger partial charge on any atom is 0.215 e. The SMILES string of the molecule is COc1ccc2nc(N)n(CC3CCSC3)c2n1. The highest BCUT2D eigenvalue weighted by Crippen LogP contribution is 2.27. The molecule has 96 valence electrons. The molecular weight excluding hydrogens is 248 g/mol. The number of nitrogens with two attached hydrogens (primary N) is 1. The third-order valence-electron chi connectivity index (χ3n) is 3.27. The standard InChI is InChI=1S/C12H16N4OS/c1-17-10-3-2-9-11(15-10)16(12(13)14-9)6-8-4-5-18-7-8/h2-3,8H,4-7H2,1H3,(H2,13,14). The van der Waals surface area contributed by atoms with E-state index in [-0.39, 0.29) is 0 Å². The van der Waals surface area contributed by atoms with Gasteiger partial charge in [0.25, 0.3) is 0 Å². The Morgan fingerprint density at radius 3 is 3.11 bits per heavy atom. The first-order chi connectivity index (χ1) is 8.78. The first-order valence-electron chi connectivity index (χ1n) is 6.02. The lowest BCUT2D eigenvalue weighted by molar-refractivity contribution is 0.398. The summed E-state index contributed by atoms with van der Waals surface area (Å²) in [6.07, 6.45) is 1.24. The van der Waals surface area contributed by atoms with Crippen LogP contribution in [-0.2, 0) is 6.54 Å². The number of anilines is 1. The molecule has 2 aromatic rings. The highest BCUT2D eigenvalue weighted by molar-refractivity contribution is 7.99. The van der Waals surface area contributed by atoms with Crippen molar-refractivity contribution >= 4 is 28.9 Å². The summed E-state index contributed by atoms with van der Waals surface area (Å²) in [6, 6.07) is 3.71. The van der Waals surface area contributed by atoms with Crippen LogP contribution in [-0.4, -0.2) is 33.2 Å². The summed E-state index contributed by atoms with van der Waals surface area (Å²) in [6.45, 7) is 0.898. The molecule has 0 aromatic carbocycles. The Morgan fingerprint density at radius 1 is 1.50 bits per heavy atom. The molecule has 3 rings (SSSR count). The van der Waals surface area contributed by atoms with Crippen LogP contribution in [0.25, 0.3) is 11.2 Å². The van der Waals surface area contributed by atoms with Crippen molar-refractivity contribution in [2.75, 3.05) is 24.3 Å². The maximum atomic E-state index is 5.99. The van der Waals surface area contributed by atoms with Gasteiger partial charge in [0.15, 0.2) is 5.65 Å². The summed E-state index contributed by atoms with van der Waals surface area (Å²) in [4.78, 5) is 8.79. The van der Waals surface area contributed by atoms with Crippen LogP contribution < -0.4 is 10.5 Å². The average Bonchev–Trinajstić information content (AvgIpc) is 2.99. The van der Waals surface area contributed by atoms with Gasteiger partial charge in [-0.2, -0.15) is 16.7 Å². The molecule has 1 saturated heterocycles. The van der Waals surface area contributed by atoms with Crippen LogP contribution in [0, 0.1) is 5.92 Å². The van der Waals surface area contributed by atoms with E-state index in [9.17, 15) is 0 Å². The molecule has 5 nitrogen and oxygen atoms in total. The Labute approximate surface area is 110 Å². The third kappa shape index (κ3) is 2.01. The number of imidazole rings is 1. The van der Waals surface area contributed by atoms with Crippen molar-refractivity contribution in [1.82, 2.24) is 14.5 Å². The predicted molar refractivity (Wildman–Crippen MR) is 73.9 cm³/mol. The number of rotatable bonds is 3. The molecule has 0 spiro atoms. The second-order valence-corrected chi connectivity index (χ2v) is 5.66. The fourth-order valence-corrected chi connectivity index (χ4v) is 3.55. The Balaban J connectivity index is 2.00. The number of thioether (sulfide) groups is 1. The van der Waals surface area contributed by atoms with E-state index in [1.807, 2.05) is 28.5 Å². The van der Waals surface area contributed by atoms with Gasteiger partial charge in [0.05, 0.1) is 7.11 Å². The molecule has 1 aliphatic rings. The van der Waals surface area contributed by atoms with Crippen molar-refractivity contribution in [2.45, 2.75) is 13.0 Å². The van der Waals surface area contributed by atoms with Crippen LogP contribution in [0.2, 0.25) is 0 Å². The van der Waals surface area contributed by atoms with Gasteiger partial charge in [0, 0.05) is 12.6 Å². The Morgan fingerprint density at radius 2 is 2.39 bits per heavy atom. The van der Waals surface area contributed by atoms with E-state index in [0.717, 1.165) is 17.7 Å². The Hall–Kier alpha value is -1.43. The van der Waals surface area contributed by atoms with Crippen LogP contribution in [0.3, 0.4) is 0 Å². The topological polar surface area (TPSA) is 66.0 Å². The molecule has 0 radical (unpaired) electrons. The Bertz CT molecular complexity index is 562. The molecule has 2 N–H and O–H groups in total. The number of ether oxygens (including phenoxy) is 1. The quantitative estimate of drug-likeness (QED) is 0.915. The fraction of sp³-hybridized carbons (Fsp3) is 0.500. The number of nitrogen functional groups attached to an aromatic ring is 1. The smallest absolute Gasteiger partial charge is 0.215 e. The summed E-state index contributed by atoms with van der Waals surface area (Å²) in [5, 5.41) is 0. The molecule has 1 fully saturated rings. The minimum atomic E-state index is 0.544. The van der Waals surface area contributed by atoms with Crippen molar-refractivity contribution in [2.24, 2.45) is 5.92 Å². The molecule has 0 saturated carbocycles. The number of pyridine rings is 1. The second kappa shape index (κ2) is 4.68. The summed E-state index contributed by atoms with van der Waals surface area (Å²) in [5.41, 5.74) is 7.64. The highest BCUT2D eigenvalue weighted by Gasteiger charge is 2.19. The van der Waals surface area contributed by atoms with Gasteiger partial charge in [0.1, 0.15) is 5.52 Å². The van der Waals surface area contributed by atoms with E-state index >= 15 is 0 Å². The maximum absolute atomic E-state index is 5.99. The first-order valence-corrected chi connectivity index (χ1v) is 7.18. The molecule has 2 aromatic heterocycles. The van der Waals surface area contributed by atoms with Crippen molar-refractivity contribution in [3.63, 3.8) is 0 Å². The summed E-state index contributed by atoms with van der Waals surface area (Å²) in [5.74, 6) is 4.26. The lowest BCUT2D eigenvalue weighted by Gasteiger charge is -2.11. The van der Waals surface area contributed by atoms with Crippen molar-refractivity contribution in [1.29, 1.82) is 0 Å². The van der Waals surface area contributed by atoms with Gasteiger partial charge in [-0.05, 0) is 29.9 Å². The van der Waals surface area contributed by atoms with Gasteiger partial charge >= 0.3 is 0 Å². The van der Waals surface area contributed by atoms with E-state index in [1.54, 1.807) is 7.11 Å². The molecule has 0 bridgehead atoms. The number of methoxy groups -OCH3 is 1. The van der Waals surface area contributed by atoms with Crippen molar-refractivity contribution in [3.8, 4) is 5.88 Å². The highest BCUT2D eigenvalue weighted by atomic mass is 32.2. The average molecular weight is 264 g/mol. The van der Waals surface area contributed by atoms with Gasteiger partial charge in [-0.1, -0.05) is 0 Å². The number of hydrogen-bond donors (Lipinski definition) is 1. The third-order valence-corrected chi connectivity index (χ3v) is 4.50. The zero-order chi connectivity index (χ0) is 12.5. The molecule has 1 unspecified atom stereocenters.